The van der Waals surface area contributed by atoms with E-state index in [0.29, 0.717) is 5.56 Å². The Morgan fingerprint density at radius 2 is 2.38 bits per heavy atom. The van der Waals surface area contributed by atoms with E-state index in [-0.39, 0.29) is 6.04 Å². The van der Waals surface area contributed by atoms with E-state index in [1.54, 1.807) is 31.5 Å². The topological polar surface area (TPSA) is 62.2 Å². The number of pyridine rings is 1. The molecule has 0 saturated heterocycles. The molecule has 88 valence electrons. The summed E-state index contributed by atoms with van der Waals surface area (Å²) < 4.78 is 0. The lowest BCUT2D eigenvalue weighted by molar-refractivity contribution is -0.145. The molecule has 0 aliphatic heterocycles. The van der Waals surface area contributed by atoms with Gasteiger partial charge in [0.05, 0.1) is 0 Å². The lowest BCUT2D eigenvalue weighted by Crippen LogP contribution is -2.50. The number of carboxylic acid groups (broad SMARTS) is 1. The zero-order valence-corrected chi connectivity index (χ0v) is 9.90. The second-order valence-electron chi connectivity index (χ2n) is 4.13. The summed E-state index contributed by atoms with van der Waals surface area (Å²) in [6.45, 7) is 5.65. The molecule has 0 aromatic carbocycles. The first-order valence-electron chi connectivity index (χ1n) is 5.42. The summed E-state index contributed by atoms with van der Waals surface area (Å²) in [6.07, 6.45) is 4.10. The predicted octanol–water partition coefficient (Wildman–Crippen LogP) is 1.77. The van der Waals surface area contributed by atoms with E-state index in [2.05, 4.69) is 10.3 Å². The molecule has 2 atom stereocenters. The summed E-state index contributed by atoms with van der Waals surface area (Å²) in [5.74, 6) is -0.888. The Labute approximate surface area is 95.7 Å². The van der Waals surface area contributed by atoms with Gasteiger partial charge in [-0.3, -0.25) is 10.3 Å². The Hall–Kier alpha value is -1.42. The number of hydrogen-bond acceptors (Lipinski definition) is 3. The number of nitrogens with zero attached hydrogens (tertiary/aromatic N) is 1. The molecule has 2 N–H and O–H groups in total. The Morgan fingerprint density at radius 3 is 2.81 bits per heavy atom. The first kappa shape index (κ1) is 12.6. The van der Waals surface area contributed by atoms with Crippen LogP contribution < -0.4 is 5.32 Å². The molecule has 16 heavy (non-hydrogen) atoms. The molecule has 4 nitrogen and oxygen atoms in total. The van der Waals surface area contributed by atoms with Crippen LogP contribution in [0.4, 0.5) is 0 Å². The number of carboxylic acids is 1. The molecule has 0 spiro atoms. The van der Waals surface area contributed by atoms with Gasteiger partial charge in [-0.1, -0.05) is 13.0 Å². The van der Waals surface area contributed by atoms with E-state index < -0.39 is 11.5 Å². The first-order valence-corrected chi connectivity index (χ1v) is 5.42. The standard InChI is InChI=1S/C12H18N2O2/c1-4-9(2)14-12(3,11(15)16)10-6-5-7-13-8-10/h5-9,14H,4H2,1-3H3,(H,15,16). The summed E-state index contributed by atoms with van der Waals surface area (Å²) >= 11 is 0. The van der Waals surface area contributed by atoms with Crippen LogP contribution in [-0.4, -0.2) is 22.1 Å². The fraction of sp³-hybridized carbons (Fsp3) is 0.500. The lowest BCUT2D eigenvalue weighted by Gasteiger charge is -2.29. The minimum atomic E-state index is -1.08. The maximum atomic E-state index is 11.4. The zero-order valence-electron chi connectivity index (χ0n) is 9.90. The van der Waals surface area contributed by atoms with Crippen LogP contribution in [0.1, 0.15) is 32.8 Å². The Morgan fingerprint density at radius 1 is 1.69 bits per heavy atom. The van der Waals surface area contributed by atoms with Gasteiger partial charge in [0.15, 0.2) is 0 Å². The van der Waals surface area contributed by atoms with Crippen molar-refractivity contribution in [2.45, 2.75) is 38.8 Å². The van der Waals surface area contributed by atoms with Crippen molar-refractivity contribution in [1.82, 2.24) is 10.3 Å². The number of aromatic nitrogens is 1. The molecule has 2 unspecified atom stereocenters. The average Bonchev–Trinajstić information content (AvgIpc) is 2.29. The molecule has 4 heteroatoms. The summed E-state index contributed by atoms with van der Waals surface area (Å²) in [6, 6.07) is 3.66. The Bertz CT molecular complexity index is 353. The van der Waals surface area contributed by atoms with Gasteiger partial charge in [-0.05, 0) is 26.3 Å². The van der Waals surface area contributed by atoms with Crippen molar-refractivity contribution >= 4 is 5.97 Å². The van der Waals surface area contributed by atoms with E-state index >= 15 is 0 Å². The van der Waals surface area contributed by atoms with Gasteiger partial charge in [-0.15, -0.1) is 0 Å². The van der Waals surface area contributed by atoms with E-state index in [1.165, 1.54) is 0 Å². The molecular weight excluding hydrogens is 204 g/mol. The summed E-state index contributed by atoms with van der Waals surface area (Å²) in [5, 5.41) is 12.5. The van der Waals surface area contributed by atoms with Crippen molar-refractivity contribution in [2.24, 2.45) is 0 Å². The van der Waals surface area contributed by atoms with Crippen molar-refractivity contribution in [3.63, 3.8) is 0 Å². The van der Waals surface area contributed by atoms with Crippen LogP contribution in [0.5, 0.6) is 0 Å². The maximum Gasteiger partial charge on any atom is 0.328 e. The zero-order chi connectivity index (χ0) is 12.2. The van der Waals surface area contributed by atoms with Gasteiger partial charge in [-0.25, -0.2) is 4.79 Å². The van der Waals surface area contributed by atoms with Crippen LogP contribution in [0.25, 0.3) is 0 Å². The monoisotopic (exact) mass is 222 g/mol. The minimum Gasteiger partial charge on any atom is -0.480 e. The molecule has 0 fully saturated rings. The van der Waals surface area contributed by atoms with Crippen molar-refractivity contribution in [1.29, 1.82) is 0 Å². The highest BCUT2D eigenvalue weighted by molar-refractivity contribution is 5.80. The number of nitrogens with one attached hydrogen (secondary N) is 1. The second-order valence-corrected chi connectivity index (χ2v) is 4.13. The van der Waals surface area contributed by atoms with Crippen LogP contribution >= 0.6 is 0 Å². The third-order valence-electron chi connectivity index (χ3n) is 2.81. The molecule has 1 aromatic heterocycles. The van der Waals surface area contributed by atoms with Crippen LogP contribution in [0.15, 0.2) is 24.5 Å². The summed E-state index contributed by atoms with van der Waals surface area (Å²) in [4.78, 5) is 15.3. The molecule has 0 saturated carbocycles. The normalized spacial score (nSPS) is 16.4. The van der Waals surface area contributed by atoms with Crippen molar-refractivity contribution in [3.05, 3.63) is 30.1 Å². The molecule has 1 aromatic rings. The van der Waals surface area contributed by atoms with Gasteiger partial charge in [0.1, 0.15) is 5.54 Å². The largest absolute Gasteiger partial charge is 0.480 e. The highest BCUT2D eigenvalue weighted by Gasteiger charge is 2.36. The molecule has 1 rings (SSSR count). The van der Waals surface area contributed by atoms with Crippen molar-refractivity contribution in [2.75, 3.05) is 0 Å². The Kier molecular flexibility index (Phi) is 4.01. The molecule has 0 aliphatic rings. The molecule has 0 radical (unpaired) electrons. The predicted molar refractivity (Wildman–Crippen MR) is 62.1 cm³/mol. The lowest BCUT2D eigenvalue weighted by atomic mass is 9.92. The van der Waals surface area contributed by atoms with Crippen LogP contribution in [0.2, 0.25) is 0 Å². The van der Waals surface area contributed by atoms with Crippen LogP contribution in [0.3, 0.4) is 0 Å². The van der Waals surface area contributed by atoms with Crippen molar-refractivity contribution in [3.8, 4) is 0 Å². The van der Waals surface area contributed by atoms with E-state index in [9.17, 15) is 9.90 Å². The third-order valence-corrected chi connectivity index (χ3v) is 2.81. The van der Waals surface area contributed by atoms with E-state index in [1.807, 2.05) is 13.8 Å². The molecule has 0 bridgehead atoms. The van der Waals surface area contributed by atoms with Crippen LogP contribution in [-0.2, 0) is 10.3 Å². The number of carbonyl (C=O) groups is 1. The van der Waals surface area contributed by atoms with Gasteiger partial charge in [0.25, 0.3) is 0 Å². The SMILES string of the molecule is CCC(C)NC(C)(C(=O)O)c1cccnc1. The fourth-order valence-electron chi connectivity index (χ4n) is 1.52. The molecule has 0 amide bonds. The second kappa shape index (κ2) is 5.07. The van der Waals surface area contributed by atoms with Crippen molar-refractivity contribution < 1.29 is 9.90 Å². The van der Waals surface area contributed by atoms with Gasteiger partial charge in [0.2, 0.25) is 0 Å². The molecular formula is C12H18N2O2. The third kappa shape index (κ3) is 2.58. The number of hydrogen-bond donors (Lipinski definition) is 2. The highest BCUT2D eigenvalue weighted by atomic mass is 16.4. The molecule has 1 heterocycles. The first-order chi connectivity index (χ1) is 7.50. The smallest absolute Gasteiger partial charge is 0.328 e. The maximum absolute atomic E-state index is 11.4. The number of aliphatic carboxylic acids is 1. The minimum absolute atomic E-state index is 0.140. The van der Waals surface area contributed by atoms with E-state index in [4.69, 9.17) is 0 Å². The van der Waals surface area contributed by atoms with E-state index in [0.717, 1.165) is 6.42 Å². The van der Waals surface area contributed by atoms with Crippen LogP contribution in [0, 0.1) is 0 Å². The quantitative estimate of drug-likeness (QED) is 0.797. The van der Waals surface area contributed by atoms with Gasteiger partial charge in [0, 0.05) is 24.0 Å². The molecule has 0 aliphatic carbocycles. The average molecular weight is 222 g/mol. The summed E-state index contributed by atoms with van der Waals surface area (Å²) in [7, 11) is 0. The van der Waals surface area contributed by atoms with Gasteiger partial charge < -0.3 is 5.11 Å². The number of rotatable bonds is 5. The highest BCUT2D eigenvalue weighted by Crippen LogP contribution is 2.21. The Balaban J connectivity index is 3.02. The fourth-order valence-corrected chi connectivity index (χ4v) is 1.52. The van der Waals surface area contributed by atoms with Gasteiger partial charge >= 0.3 is 5.97 Å². The summed E-state index contributed by atoms with van der Waals surface area (Å²) in [5.41, 5.74) is -0.410. The van der Waals surface area contributed by atoms with Gasteiger partial charge in [-0.2, -0.15) is 0 Å².